The van der Waals surface area contributed by atoms with E-state index in [4.69, 9.17) is 19.5 Å². The van der Waals surface area contributed by atoms with Gasteiger partial charge < -0.3 is 19.5 Å². The Balaban J connectivity index is 1.68. The molecule has 0 bridgehead atoms. The molecule has 1 N–H and O–H groups in total. The fourth-order valence-corrected chi connectivity index (χ4v) is 2.84. The van der Waals surface area contributed by atoms with E-state index in [0.717, 1.165) is 5.75 Å². The van der Waals surface area contributed by atoms with Crippen LogP contribution in [-0.2, 0) is 14.3 Å². The number of benzene rings is 1. The molecule has 2 aromatic rings. The maximum Gasteiger partial charge on any atom is 0.306 e. The molecule has 0 aliphatic carbocycles. The number of rotatable bonds is 9. The first kappa shape index (κ1) is 20.3. The van der Waals surface area contributed by atoms with Crippen molar-refractivity contribution in [1.29, 1.82) is 5.26 Å². The van der Waals surface area contributed by atoms with Gasteiger partial charge in [0, 0.05) is 6.42 Å². The Labute approximate surface area is 161 Å². The summed E-state index contributed by atoms with van der Waals surface area (Å²) in [6, 6.07) is 10.7. The highest BCUT2D eigenvalue weighted by Crippen LogP contribution is 2.22. The lowest BCUT2D eigenvalue weighted by atomic mass is 10.3. The number of amides is 1. The van der Waals surface area contributed by atoms with Crippen LogP contribution in [0.1, 0.15) is 25.3 Å². The molecule has 1 aromatic heterocycles. The third-order valence-electron chi connectivity index (χ3n) is 3.55. The molecule has 0 radical (unpaired) electrons. The number of hydrogen-bond donors (Lipinski definition) is 1. The second kappa shape index (κ2) is 10.2. The van der Waals surface area contributed by atoms with Gasteiger partial charge in [-0.2, -0.15) is 5.26 Å². The second-order valence-corrected chi connectivity index (χ2v) is 6.44. The molecular weight excluding hydrogens is 368 g/mol. The molecule has 0 aliphatic rings. The number of nitrogens with zero attached hydrogens (tertiary/aromatic N) is 1. The quantitative estimate of drug-likeness (QED) is 0.522. The molecule has 0 fully saturated rings. The van der Waals surface area contributed by atoms with E-state index in [2.05, 4.69) is 5.32 Å². The predicted octanol–water partition coefficient (Wildman–Crippen LogP) is 3.36. The zero-order valence-corrected chi connectivity index (χ0v) is 15.9. The van der Waals surface area contributed by atoms with Gasteiger partial charge in [-0.3, -0.25) is 9.59 Å². The molecule has 0 aliphatic heterocycles. The fraction of sp³-hybridized carbons (Fsp3) is 0.316. The van der Waals surface area contributed by atoms with Crippen LogP contribution >= 0.6 is 11.3 Å². The van der Waals surface area contributed by atoms with Crippen molar-refractivity contribution in [3.8, 4) is 17.6 Å². The van der Waals surface area contributed by atoms with Crippen molar-refractivity contribution < 1.29 is 23.8 Å². The SMILES string of the molecule is COc1ccc(OCCCC(=O)O[C@@H](C)C(=O)Nc2sccc2C#N)cc1. The van der Waals surface area contributed by atoms with Crippen LogP contribution in [0, 0.1) is 11.3 Å². The summed E-state index contributed by atoms with van der Waals surface area (Å²) in [4.78, 5) is 23.9. The zero-order chi connectivity index (χ0) is 19.6. The van der Waals surface area contributed by atoms with Gasteiger partial charge in [0.05, 0.1) is 19.3 Å². The topological polar surface area (TPSA) is 97.7 Å². The molecule has 1 atom stereocenters. The molecule has 27 heavy (non-hydrogen) atoms. The van der Waals surface area contributed by atoms with E-state index in [9.17, 15) is 9.59 Å². The van der Waals surface area contributed by atoms with Gasteiger partial charge in [0.15, 0.2) is 6.10 Å². The third-order valence-corrected chi connectivity index (χ3v) is 4.38. The van der Waals surface area contributed by atoms with Crippen LogP contribution in [0.3, 0.4) is 0 Å². The van der Waals surface area contributed by atoms with Gasteiger partial charge in [0.2, 0.25) is 0 Å². The average molecular weight is 388 g/mol. The molecule has 142 valence electrons. The van der Waals surface area contributed by atoms with Gasteiger partial charge in [-0.1, -0.05) is 0 Å². The average Bonchev–Trinajstić information content (AvgIpc) is 3.12. The Hall–Kier alpha value is -3.05. The summed E-state index contributed by atoms with van der Waals surface area (Å²) in [6.45, 7) is 1.84. The van der Waals surface area contributed by atoms with Crippen molar-refractivity contribution in [2.45, 2.75) is 25.9 Å². The van der Waals surface area contributed by atoms with Crippen LogP contribution in [0.2, 0.25) is 0 Å². The second-order valence-electron chi connectivity index (χ2n) is 5.52. The minimum absolute atomic E-state index is 0.135. The highest BCUT2D eigenvalue weighted by atomic mass is 32.1. The number of carbonyl (C=O) groups is 2. The van der Waals surface area contributed by atoms with Crippen LogP contribution in [-0.4, -0.2) is 31.7 Å². The number of hydrogen-bond acceptors (Lipinski definition) is 7. The van der Waals surface area contributed by atoms with E-state index in [1.165, 1.54) is 18.3 Å². The monoisotopic (exact) mass is 388 g/mol. The van der Waals surface area contributed by atoms with Crippen molar-refractivity contribution in [3.63, 3.8) is 0 Å². The number of thiophene rings is 1. The highest BCUT2D eigenvalue weighted by Gasteiger charge is 2.19. The first-order valence-corrected chi connectivity index (χ1v) is 9.16. The lowest BCUT2D eigenvalue weighted by molar-refractivity contribution is -0.153. The number of ether oxygens (including phenoxy) is 3. The molecule has 0 saturated carbocycles. The van der Waals surface area contributed by atoms with E-state index < -0.39 is 18.0 Å². The van der Waals surface area contributed by atoms with Crippen molar-refractivity contribution in [3.05, 3.63) is 41.3 Å². The van der Waals surface area contributed by atoms with Crippen molar-refractivity contribution in [2.75, 3.05) is 19.0 Å². The van der Waals surface area contributed by atoms with Gasteiger partial charge in [0.1, 0.15) is 22.6 Å². The van der Waals surface area contributed by atoms with E-state index in [-0.39, 0.29) is 6.42 Å². The van der Waals surface area contributed by atoms with Gasteiger partial charge in [-0.25, -0.2) is 0 Å². The number of methoxy groups -OCH3 is 1. The molecule has 1 aromatic carbocycles. The number of nitrogens with one attached hydrogen (secondary N) is 1. The minimum Gasteiger partial charge on any atom is -0.497 e. The maximum absolute atomic E-state index is 12.1. The van der Waals surface area contributed by atoms with E-state index >= 15 is 0 Å². The minimum atomic E-state index is -0.950. The molecule has 7 nitrogen and oxygen atoms in total. The molecule has 0 saturated heterocycles. The summed E-state index contributed by atoms with van der Waals surface area (Å²) in [5.74, 6) is 0.461. The summed E-state index contributed by atoms with van der Waals surface area (Å²) in [7, 11) is 1.59. The Morgan fingerprint density at radius 2 is 1.93 bits per heavy atom. The van der Waals surface area contributed by atoms with E-state index in [1.807, 2.05) is 6.07 Å². The Morgan fingerprint density at radius 3 is 2.59 bits per heavy atom. The van der Waals surface area contributed by atoms with Crippen LogP contribution in [0.5, 0.6) is 11.5 Å². The standard InChI is InChI=1S/C19H20N2O5S/c1-13(18(23)21-19-14(12-20)9-11-27-19)26-17(22)4-3-10-25-16-7-5-15(24-2)6-8-16/h5-9,11,13H,3-4,10H2,1-2H3,(H,21,23)/t13-/m0/s1. The van der Waals surface area contributed by atoms with Crippen LogP contribution < -0.4 is 14.8 Å². The summed E-state index contributed by atoms with van der Waals surface area (Å²) < 4.78 is 15.7. The lowest BCUT2D eigenvalue weighted by Crippen LogP contribution is -2.30. The summed E-state index contributed by atoms with van der Waals surface area (Å²) in [6.07, 6.45) is -0.354. The highest BCUT2D eigenvalue weighted by molar-refractivity contribution is 7.14. The third kappa shape index (κ3) is 6.31. The van der Waals surface area contributed by atoms with Gasteiger partial charge in [-0.05, 0) is 49.1 Å². The van der Waals surface area contributed by atoms with Crippen LogP contribution in [0.4, 0.5) is 5.00 Å². The zero-order valence-electron chi connectivity index (χ0n) is 15.1. The van der Waals surface area contributed by atoms with Gasteiger partial charge in [-0.15, -0.1) is 11.3 Å². The van der Waals surface area contributed by atoms with Crippen molar-refractivity contribution in [1.82, 2.24) is 0 Å². The number of carbonyl (C=O) groups excluding carboxylic acids is 2. The van der Waals surface area contributed by atoms with Crippen LogP contribution in [0.25, 0.3) is 0 Å². The Morgan fingerprint density at radius 1 is 1.22 bits per heavy atom. The van der Waals surface area contributed by atoms with E-state index in [1.54, 1.807) is 42.8 Å². The van der Waals surface area contributed by atoms with Crippen molar-refractivity contribution in [2.24, 2.45) is 0 Å². The molecule has 8 heteroatoms. The fourth-order valence-electron chi connectivity index (χ4n) is 2.10. The maximum atomic E-state index is 12.1. The molecule has 1 heterocycles. The lowest BCUT2D eigenvalue weighted by Gasteiger charge is -2.13. The molecule has 0 spiro atoms. The summed E-state index contributed by atoms with van der Waals surface area (Å²) in [5, 5.41) is 13.7. The summed E-state index contributed by atoms with van der Waals surface area (Å²) in [5.41, 5.74) is 0.377. The van der Waals surface area contributed by atoms with Gasteiger partial charge in [0.25, 0.3) is 5.91 Å². The smallest absolute Gasteiger partial charge is 0.306 e. The molecule has 0 unspecified atom stereocenters. The number of nitriles is 1. The first-order valence-electron chi connectivity index (χ1n) is 8.28. The van der Waals surface area contributed by atoms with Crippen molar-refractivity contribution >= 4 is 28.2 Å². The first-order chi connectivity index (χ1) is 13.0. The molecule has 1 amide bonds. The molecule has 2 rings (SSSR count). The summed E-state index contributed by atoms with van der Waals surface area (Å²) >= 11 is 1.24. The Kier molecular flexibility index (Phi) is 7.64. The molecular formula is C19H20N2O5S. The number of esters is 1. The largest absolute Gasteiger partial charge is 0.497 e. The number of anilines is 1. The van der Waals surface area contributed by atoms with E-state index in [0.29, 0.717) is 29.3 Å². The van der Waals surface area contributed by atoms with Crippen LogP contribution in [0.15, 0.2) is 35.7 Å². The normalized spacial score (nSPS) is 11.1. The Bertz CT molecular complexity index is 810. The van der Waals surface area contributed by atoms with Gasteiger partial charge >= 0.3 is 5.97 Å². The predicted molar refractivity (Wildman–Crippen MR) is 101 cm³/mol.